The van der Waals surface area contributed by atoms with Gasteiger partial charge in [0.25, 0.3) is 0 Å². The Kier molecular flexibility index (Phi) is 6.99. The van der Waals surface area contributed by atoms with Crippen molar-refractivity contribution in [3.8, 4) is 22.3 Å². The molecule has 0 radical (unpaired) electrons. The molecular weight excluding hydrogens is 440 g/mol. The maximum absolute atomic E-state index is 11.6. The Labute approximate surface area is 195 Å². The monoisotopic (exact) mass is 464 g/mol. The van der Waals surface area contributed by atoms with Crippen LogP contribution in [0.1, 0.15) is 21.7 Å². The van der Waals surface area contributed by atoms with Gasteiger partial charge in [-0.25, -0.2) is 9.97 Å². The van der Waals surface area contributed by atoms with Gasteiger partial charge >= 0.3 is 5.97 Å². The first-order valence-electron chi connectivity index (χ1n) is 10.3. The van der Waals surface area contributed by atoms with Crippen LogP contribution in [0.25, 0.3) is 10.6 Å². The first-order chi connectivity index (χ1) is 16.0. The quantitative estimate of drug-likeness (QED) is 0.344. The highest BCUT2D eigenvalue weighted by Gasteiger charge is 2.14. The van der Waals surface area contributed by atoms with Crippen LogP contribution in [-0.2, 0) is 36.2 Å². The minimum Gasteiger partial charge on any atom is -0.471 e. The van der Waals surface area contributed by atoms with E-state index in [9.17, 15) is 4.79 Å². The Morgan fingerprint density at radius 3 is 2.64 bits per heavy atom. The molecule has 9 heteroatoms. The maximum atomic E-state index is 11.6. The summed E-state index contributed by atoms with van der Waals surface area (Å²) in [6.45, 7) is 2.66. The Hall–Kier alpha value is -3.72. The molecule has 0 aliphatic rings. The van der Waals surface area contributed by atoms with E-state index in [0.29, 0.717) is 23.9 Å². The van der Waals surface area contributed by atoms with Crippen molar-refractivity contribution in [1.29, 1.82) is 0 Å². The van der Waals surface area contributed by atoms with Crippen LogP contribution in [-0.4, -0.2) is 32.8 Å². The highest BCUT2D eigenvalue weighted by molar-refractivity contribution is 7.15. The molecule has 3 aromatic heterocycles. The fourth-order valence-corrected chi connectivity index (χ4v) is 4.05. The number of pyridine rings is 1. The third-order valence-electron chi connectivity index (χ3n) is 4.87. The molecule has 0 amide bonds. The molecule has 0 aliphatic heterocycles. The number of carbonyl (C=O) groups is 1. The first-order valence-corrected chi connectivity index (χ1v) is 11.1. The van der Waals surface area contributed by atoms with Gasteiger partial charge < -0.3 is 14.2 Å². The van der Waals surface area contributed by atoms with Crippen LogP contribution in [0.5, 0.6) is 11.8 Å². The van der Waals surface area contributed by atoms with E-state index in [1.54, 1.807) is 41.5 Å². The summed E-state index contributed by atoms with van der Waals surface area (Å²) < 4.78 is 18.0. The molecule has 0 fully saturated rings. The molecule has 33 heavy (non-hydrogen) atoms. The van der Waals surface area contributed by atoms with E-state index in [4.69, 9.17) is 19.2 Å². The summed E-state index contributed by atoms with van der Waals surface area (Å²) in [5.74, 6) is 0.565. The first kappa shape index (κ1) is 22.5. The molecule has 3 heterocycles. The number of rotatable bonds is 9. The third kappa shape index (κ3) is 5.75. The minimum atomic E-state index is -0.345. The van der Waals surface area contributed by atoms with E-state index in [1.165, 1.54) is 7.11 Å². The number of thiazole rings is 1. The summed E-state index contributed by atoms with van der Waals surface area (Å²) in [5, 5.41) is 5.24. The largest absolute Gasteiger partial charge is 0.471 e. The van der Waals surface area contributed by atoms with Crippen molar-refractivity contribution in [2.45, 2.75) is 26.6 Å². The molecular formula is C24H24N4O4S. The number of aryl methyl sites for hydroxylation is 2. The number of methoxy groups -OCH3 is 1. The molecule has 0 atom stereocenters. The predicted molar refractivity (Wildman–Crippen MR) is 124 cm³/mol. The SMILES string of the molecule is COC(=O)Cc1cn(C)nc1OCc1ccc(OCc2nc(-c3ccccc3)sc2C)nc1. The fraction of sp³-hybridized carbons (Fsp3) is 0.250. The Morgan fingerprint density at radius 1 is 1.09 bits per heavy atom. The third-order valence-corrected chi connectivity index (χ3v) is 5.93. The lowest BCUT2D eigenvalue weighted by atomic mass is 10.2. The van der Waals surface area contributed by atoms with Gasteiger partial charge in [0.05, 0.1) is 19.2 Å². The zero-order valence-electron chi connectivity index (χ0n) is 18.6. The molecule has 0 bridgehead atoms. The molecule has 0 aliphatic carbocycles. The summed E-state index contributed by atoms with van der Waals surface area (Å²) in [7, 11) is 3.13. The summed E-state index contributed by atoms with van der Waals surface area (Å²) >= 11 is 1.65. The number of carbonyl (C=O) groups excluding carboxylic acids is 1. The van der Waals surface area contributed by atoms with Crippen LogP contribution in [0.3, 0.4) is 0 Å². The van der Waals surface area contributed by atoms with Crippen molar-refractivity contribution in [2.24, 2.45) is 7.05 Å². The average Bonchev–Trinajstić information content (AvgIpc) is 3.38. The number of esters is 1. The van der Waals surface area contributed by atoms with Gasteiger partial charge in [-0.2, -0.15) is 0 Å². The molecule has 4 aromatic rings. The van der Waals surface area contributed by atoms with Gasteiger partial charge in [0.15, 0.2) is 0 Å². The van der Waals surface area contributed by atoms with E-state index >= 15 is 0 Å². The van der Waals surface area contributed by atoms with Gasteiger partial charge in [-0.05, 0) is 13.0 Å². The molecule has 4 rings (SSSR count). The lowest BCUT2D eigenvalue weighted by molar-refractivity contribution is -0.139. The zero-order chi connectivity index (χ0) is 23.2. The number of ether oxygens (including phenoxy) is 3. The second kappa shape index (κ2) is 10.3. The average molecular weight is 465 g/mol. The summed E-state index contributed by atoms with van der Waals surface area (Å²) in [5.41, 5.74) is 3.53. The van der Waals surface area contributed by atoms with Crippen molar-refractivity contribution in [2.75, 3.05) is 7.11 Å². The number of benzene rings is 1. The Bertz CT molecular complexity index is 1220. The zero-order valence-corrected chi connectivity index (χ0v) is 19.5. The standard InChI is InChI=1S/C24H24N4O4S/c1-16-20(26-24(33-16)18-7-5-4-6-8-18)15-31-21-10-9-17(12-25-21)14-32-23-19(11-22(29)30-3)13-28(2)27-23/h4-10,12-13H,11,14-15H2,1-3H3. The Morgan fingerprint density at radius 2 is 1.91 bits per heavy atom. The highest BCUT2D eigenvalue weighted by Crippen LogP contribution is 2.28. The maximum Gasteiger partial charge on any atom is 0.310 e. The molecule has 0 spiro atoms. The topological polar surface area (TPSA) is 88.4 Å². The lowest BCUT2D eigenvalue weighted by Gasteiger charge is -2.07. The fourth-order valence-electron chi connectivity index (χ4n) is 3.13. The number of hydrogen-bond donors (Lipinski definition) is 0. The van der Waals surface area contributed by atoms with Crippen molar-refractivity contribution >= 4 is 17.3 Å². The second-order valence-electron chi connectivity index (χ2n) is 7.36. The van der Waals surface area contributed by atoms with Crippen molar-refractivity contribution in [3.63, 3.8) is 0 Å². The summed E-state index contributed by atoms with van der Waals surface area (Å²) in [6.07, 6.45) is 3.54. The number of aromatic nitrogens is 4. The predicted octanol–water partition coefficient (Wildman–Crippen LogP) is 4.12. The van der Waals surface area contributed by atoms with Crippen LogP contribution in [0, 0.1) is 6.92 Å². The highest BCUT2D eigenvalue weighted by atomic mass is 32.1. The van der Waals surface area contributed by atoms with Crippen molar-refractivity contribution in [1.82, 2.24) is 19.7 Å². The van der Waals surface area contributed by atoms with Gasteiger partial charge in [0.1, 0.15) is 18.2 Å². The molecule has 0 unspecified atom stereocenters. The lowest BCUT2D eigenvalue weighted by Crippen LogP contribution is -2.06. The molecule has 1 aromatic carbocycles. The Balaban J connectivity index is 1.33. The smallest absolute Gasteiger partial charge is 0.310 e. The molecule has 8 nitrogen and oxygen atoms in total. The number of nitrogens with zero attached hydrogens (tertiary/aromatic N) is 4. The summed E-state index contributed by atoms with van der Waals surface area (Å²) in [4.78, 5) is 21.8. The molecule has 0 saturated carbocycles. The van der Waals surface area contributed by atoms with E-state index in [1.807, 2.05) is 31.2 Å². The van der Waals surface area contributed by atoms with Gasteiger partial charge in [0.2, 0.25) is 11.8 Å². The normalized spacial score (nSPS) is 10.8. The molecule has 0 N–H and O–H groups in total. The van der Waals surface area contributed by atoms with E-state index < -0.39 is 0 Å². The van der Waals surface area contributed by atoms with Crippen LogP contribution in [0.15, 0.2) is 54.9 Å². The van der Waals surface area contributed by atoms with E-state index in [2.05, 4.69) is 22.2 Å². The van der Waals surface area contributed by atoms with E-state index in [0.717, 1.165) is 26.7 Å². The van der Waals surface area contributed by atoms with E-state index in [-0.39, 0.29) is 19.0 Å². The number of hydrogen-bond acceptors (Lipinski definition) is 8. The van der Waals surface area contributed by atoms with Crippen LogP contribution in [0.4, 0.5) is 0 Å². The molecule has 170 valence electrons. The van der Waals surface area contributed by atoms with Gasteiger partial charge in [0, 0.05) is 47.1 Å². The van der Waals surface area contributed by atoms with Crippen LogP contribution in [0.2, 0.25) is 0 Å². The van der Waals surface area contributed by atoms with Crippen LogP contribution >= 0.6 is 11.3 Å². The summed E-state index contributed by atoms with van der Waals surface area (Å²) in [6, 6.07) is 13.8. The van der Waals surface area contributed by atoms with Crippen LogP contribution < -0.4 is 9.47 Å². The minimum absolute atomic E-state index is 0.104. The second-order valence-corrected chi connectivity index (χ2v) is 8.56. The van der Waals surface area contributed by atoms with Crippen molar-refractivity contribution < 1.29 is 19.0 Å². The van der Waals surface area contributed by atoms with Crippen molar-refractivity contribution in [3.05, 3.63) is 76.6 Å². The van der Waals surface area contributed by atoms with Gasteiger partial charge in [-0.1, -0.05) is 30.3 Å². The van der Waals surface area contributed by atoms with Gasteiger partial charge in [-0.3, -0.25) is 9.48 Å². The van der Waals surface area contributed by atoms with Gasteiger partial charge in [-0.15, -0.1) is 16.4 Å². The molecule has 0 saturated heterocycles.